The number of halogens is 3. The van der Waals surface area contributed by atoms with Gasteiger partial charge >= 0.3 is 6.18 Å². The van der Waals surface area contributed by atoms with Crippen molar-refractivity contribution in [2.45, 2.75) is 6.18 Å². The molecule has 5 nitrogen and oxygen atoms in total. The molecule has 0 bridgehead atoms. The molecule has 1 aromatic heterocycles. The molecule has 0 aliphatic rings. The highest BCUT2D eigenvalue weighted by atomic mass is 32.1. The smallest absolute Gasteiger partial charge is 0.397 e. The van der Waals surface area contributed by atoms with E-state index in [4.69, 9.17) is 5.73 Å². The van der Waals surface area contributed by atoms with Crippen LogP contribution in [0, 0.1) is 0 Å². The third-order valence-electron chi connectivity index (χ3n) is 2.22. The summed E-state index contributed by atoms with van der Waals surface area (Å²) in [6.45, 7) is 0. The van der Waals surface area contributed by atoms with Crippen LogP contribution in [0.15, 0.2) is 23.6 Å². The minimum atomic E-state index is -4.48. The molecule has 2 rings (SSSR count). The molecule has 9 heteroatoms. The molecular formula is C10H7F3N4OS. The van der Waals surface area contributed by atoms with Crippen LogP contribution in [-0.4, -0.2) is 15.5 Å². The van der Waals surface area contributed by atoms with Gasteiger partial charge in [-0.3, -0.25) is 4.79 Å². The van der Waals surface area contributed by atoms with Crippen molar-refractivity contribution in [3.8, 4) is 0 Å². The van der Waals surface area contributed by atoms with Crippen molar-refractivity contribution in [3.05, 3.63) is 34.8 Å². The Hall–Kier alpha value is -2.16. The predicted molar refractivity (Wildman–Crippen MR) is 63.7 cm³/mol. The van der Waals surface area contributed by atoms with E-state index in [1.165, 1.54) is 5.38 Å². The van der Waals surface area contributed by atoms with E-state index in [2.05, 4.69) is 14.9 Å². The Kier molecular flexibility index (Phi) is 3.38. The second kappa shape index (κ2) is 4.84. The Bertz CT molecular complexity index is 597. The highest BCUT2D eigenvalue weighted by Crippen LogP contribution is 2.32. The van der Waals surface area contributed by atoms with Gasteiger partial charge in [-0.15, -0.1) is 5.10 Å². The summed E-state index contributed by atoms with van der Waals surface area (Å²) < 4.78 is 40.8. The zero-order valence-electron chi connectivity index (χ0n) is 9.23. The van der Waals surface area contributed by atoms with Crippen LogP contribution >= 0.6 is 11.5 Å². The second-order valence-electron chi connectivity index (χ2n) is 3.54. The van der Waals surface area contributed by atoms with Crippen LogP contribution in [0.3, 0.4) is 0 Å². The maximum absolute atomic E-state index is 12.4. The number of nitrogens with one attached hydrogen (secondary N) is 1. The molecule has 0 saturated heterocycles. The molecule has 0 spiro atoms. The van der Waals surface area contributed by atoms with Gasteiger partial charge in [0.25, 0.3) is 5.91 Å². The normalized spacial score (nSPS) is 11.3. The topological polar surface area (TPSA) is 80.9 Å². The average molecular weight is 288 g/mol. The fourth-order valence-corrected chi connectivity index (χ4v) is 1.74. The number of carbonyl (C=O) groups is 1. The van der Waals surface area contributed by atoms with E-state index in [-0.39, 0.29) is 17.1 Å². The van der Waals surface area contributed by atoms with Gasteiger partial charge in [-0.25, -0.2) is 0 Å². The first-order valence-electron chi connectivity index (χ1n) is 4.93. The average Bonchev–Trinajstić information content (AvgIpc) is 2.84. The van der Waals surface area contributed by atoms with Gasteiger partial charge in [-0.05, 0) is 29.7 Å². The number of alkyl halides is 3. The highest BCUT2D eigenvalue weighted by molar-refractivity contribution is 7.03. The fraction of sp³-hybridized carbons (Fsp3) is 0.100. The van der Waals surface area contributed by atoms with Crippen LogP contribution < -0.4 is 11.1 Å². The van der Waals surface area contributed by atoms with Crippen molar-refractivity contribution in [1.29, 1.82) is 0 Å². The van der Waals surface area contributed by atoms with E-state index in [1.54, 1.807) is 0 Å². The van der Waals surface area contributed by atoms with Gasteiger partial charge in [0.05, 0.1) is 16.9 Å². The number of aromatic nitrogens is 2. The zero-order valence-corrected chi connectivity index (χ0v) is 10.0. The quantitative estimate of drug-likeness (QED) is 0.831. The Balaban J connectivity index is 2.21. The molecule has 0 saturated carbocycles. The summed E-state index contributed by atoms with van der Waals surface area (Å²) in [6, 6.07) is 2.69. The molecule has 2 aromatic rings. The number of benzene rings is 1. The summed E-state index contributed by atoms with van der Waals surface area (Å²) in [5, 5.41) is 7.31. The molecule has 0 fully saturated rings. The third-order valence-corrected chi connectivity index (χ3v) is 2.72. The van der Waals surface area contributed by atoms with Crippen molar-refractivity contribution in [2.24, 2.45) is 0 Å². The molecule has 0 unspecified atom stereocenters. The lowest BCUT2D eigenvalue weighted by molar-refractivity contribution is -0.137. The number of amides is 1. The van der Waals surface area contributed by atoms with Gasteiger partial charge < -0.3 is 11.1 Å². The molecule has 100 valence electrons. The molecule has 0 aliphatic carbocycles. The Morgan fingerprint density at radius 2 is 2.11 bits per heavy atom. The van der Waals surface area contributed by atoms with Crippen molar-refractivity contribution >= 4 is 28.8 Å². The number of nitrogens with two attached hydrogens (primary N) is 1. The summed E-state index contributed by atoms with van der Waals surface area (Å²) in [4.78, 5) is 11.6. The van der Waals surface area contributed by atoms with Crippen molar-refractivity contribution < 1.29 is 18.0 Å². The van der Waals surface area contributed by atoms with Crippen molar-refractivity contribution in [3.63, 3.8) is 0 Å². The molecule has 19 heavy (non-hydrogen) atoms. The summed E-state index contributed by atoms with van der Waals surface area (Å²) in [5.41, 5.74) is 4.58. The SMILES string of the molecule is Nc1cc(C(F)(F)F)ccc1NC(=O)c1csnn1. The van der Waals surface area contributed by atoms with E-state index in [0.29, 0.717) is 0 Å². The first-order valence-corrected chi connectivity index (χ1v) is 5.76. The van der Waals surface area contributed by atoms with E-state index >= 15 is 0 Å². The van der Waals surface area contributed by atoms with Gasteiger partial charge in [0, 0.05) is 5.38 Å². The van der Waals surface area contributed by atoms with Gasteiger partial charge in [0.2, 0.25) is 0 Å². The summed E-state index contributed by atoms with van der Waals surface area (Å²) in [6.07, 6.45) is -4.48. The number of rotatable bonds is 2. The lowest BCUT2D eigenvalue weighted by Crippen LogP contribution is -2.14. The lowest BCUT2D eigenvalue weighted by Gasteiger charge is -2.11. The molecule has 0 atom stereocenters. The maximum Gasteiger partial charge on any atom is 0.416 e. The Labute approximate surface area is 109 Å². The van der Waals surface area contributed by atoms with Crippen LogP contribution in [0.5, 0.6) is 0 Å². The second-order valence-corrected chi connectivity index (χ2v) is 4.15. The van der Waals surface area contributed by atoms with E-state index in [1.807, 2.05) is 0 Å². The molecule has 1 amide bonds. The number of carbonyl (C=O) groups excluding carboxylic acids is 1. The minimum Gasteiger partial charge on any atom is -0.397 e. The number of hydrogen-bond donors (Lipinski definition) is 2. The molecule has 1 heterocycles. The number of anilines is 2. The van der Waals surface area contributed by atoms with E-state index in [0.717, 1.165) is 29.7 Å². The summed E-state index contributed by atoms with van der Waals surface area (Å²) >= 11 is 0.987. The van der Waals surface area contributed by atoms with Crippen LogP contribution in [0.25, 0.3) is 0 Å². The van der Waals surface area contributed by atoms with Gasteiger partial charge in [0.1, 0.15) is 0 Å². The standard InChI is InChI=1S/C10H7F3N4OS/c11-10(12,13)5-1-2-7(6(14)3-5)15-9(18)8-4-19-17-16-8/h1-4H,14H2,(H,15,18). The lowest BCUT2D eigenvalue weighted by atomic mass is 10.1. The van der Waals surface area contributed by atoms with Gasteiger partial charge in [-0.2, -0.15) is 13.2 Å². The summed E-state index contributed by atoms with van der Waals surface area (Å²) in [7, 11) is 0. The molecular weight excluding hydrogens is 281 g/mol. The predicted octanol–water partition coefficient (Wildman–Crippen LogP) is 2.39. The first kappa shape index (κ1) is 13.3. The Morgan fingerprint density at radius 1 is 1.37 bits per heavy atom. The maximum atomic E-state index is 12.4. The van der Waals surface area contributed by atoms with Crippen molar-refractivity contribution in [1.82, 2.24) is 9.59 Å². The van der Waals surface area contributed by atoms with Crippen LogP contribution in [0.2, 0.25) is 0 Å². The monoisotopic (exact) mass is 288 g/mol. The highest BCUT2D eigenvalue weighted by Gasteiger charge is 2.30. The van der Waals surface area contributed by atoms with Crippen LogP contribution in [0.4, 0.5) is 24.5 Å². The molecule has 0 radical (unpaired) electrons. The van der Waals surface area contributed by atoms with Gasteiger partial charge in [0.15, 0.2) is 5.69 Å². The number of nitrogen functional groups attached to an aromatic ring is 1. The fourth-order valence-electron chi connectivity index (χ4n) is 1.30. The number of nitrogens with zero attached hydrogens (tertiary/aromatic N) is 2. The molecule has 1 aromatic carbocycles. The molecule has 3 N–H and O–H groups in total. The van der Waals surface area contributed by atoms with Crippen molar-refractivity contribution in [2.75, 3.05) is 11.1 Å². The third kappa shape index (κ3) is 2.99. The molecule has 0 aliphatic heterocycles. The number of hydrogen-bond acceptors (Lipinski definition) is 5. The van der Waals surface area contributed by atoms with E-state index in [9.17, 15) is 18.0 Å². The summed E-state index contributed by atoms with van der Waals surface area (Å²) in [5.74, 6) is -0.583. The van der Waals surface area contributed by atoms with Gasteiger partial charge in [-0.1, -0.05) is 4.49 Å². The Morgan fingerprint density at radius 3 is 2.63 bits per heavy atom. The largest absolute Gasteiger partial charge is 0.416 e. The van der Waals surface area contributed by atoms with Crippen LogP contribution in [-0.2, 0) is 6.18 Å². The van der Waals surface area contributed by atoms with E-state index < -0.39 is 17.6 Å². The first-order chi connectivity index (χ1) is 8.88. The zero-order chi connectivity index (χ0) is 14.0. The minimum absolute atomic E-state index is 0.0734. The van der Waals surface area contributed by atoms with Crippen LogP contribution in [0.1, 0.15) is 16.1 Å².